The lowest BCUT2D eigenvalue weighted by Gasteiger charge is -2.12. The van der Waals surface area contributed by atoms with Crippen molar-refractivity contribution in [3.63, 3.8) is 0 Å². The van der Waals surface area contributed by atoms with Crippen molar-refractivity contribution in [2.24, 2.45) is 0 Å². The fourth-order valence-electron chi connectivity index (χ4n) is 2.00. The largest absolute Gasteiger partial charge is 0.370 e. The van der Waals surface area contributed by atoms with Crippen molar-refractivity contribution < 1.29 is 0 Å². The molecule has 0 atom stereocenters. The number of thiophene rings is 1. The normalized spacial score (nSPS) is 10.8. The third-order valence-corrected chi connectivity index (χ3v) is 5.33. The van der Waals surface area contributed by atoms with Crippen molar-refractivity contribution in [2.75, 3.05) is 11.9 Å². The van der Waals surface area contributed by atoms with Gasteiger partial charge in [0.1, 0.15) is 5.82 Å². The number of nitrogens with zero attached hydrogens (tertiary/aromatic N) is 2. The Hall–Kier alpha value is -0.940. The zero-order chi connectivity index (χ0) is 14.7. The van der Waals surface area contributed by atoms with Crippen LogP contribution in [0.25, 0.3) is 10.7 Å². The van der Waals surface area contributed by atoms with E-state index in [1.807, 2.05) is 0 Å². The highest BCUT2D eigenvalue weighted by Gasteiger charge is 2.13. The van der Waals surface area contributed by atoms with Crippen molar-refractivity contribution in [3.8, 4) is 10.7 Å². The molecule has 5 heteroatoms. The number of rotatable bonds is 5. The summed E-state index contributed by atoms with van der Waals surface area (Å²) >= 11 is 5.29. The molecule has 1 N–H and O–H groups in total. The smallest absolute Gasteiger partial charge is 0.171 e. The summed E-state index contributed by atoms with van der Waals surface area (Å²) < 4.78 is 1.13. The first kappa shape index (κ1) is 15.4. The molecular weight excluding hydrogens is 334 g/mol. The Morgan fingerprint density at radius 1 is 1.25 bits per heavy atom. The zero-order valence-corrected chi connectivity index (χ0v) is 14.8. The number of anilines is 1. The molecule has 0 aromatic carbocycles. The van der Waals surface area contributed by atoms with Gasteiger partial charge in [0.2, 0.25) is 0 Å². The van der Waals surface area contributed by atoms with Crippen molar-refractivity contribution >= 4 is 33.1 Å². The van der Waals surface area contributed by atoms with Gasteiger partial charge in [0.15, 0.2) is 5.82 Å². The summed E-state index contributed by atoms with van der Waals surface area (Å²) in [4.78, 5) is 11.8. The van der Waals surface area contributed by atoms with E-state index in [1.165, 1.54) is 4.88 Å². The predicted octanol–water partition coefficient (Wildman–Crippen LogP) is 4.97. The van der Waals surface area contributed by atoms with Gasteiger partial charge in [0, 0.05) is 27.2 Å². The first-order valence-corrected chi connectivity index (χ1v) is 8.55. The third kappa shape index (κ3) is 3.20. The molecule has 3 nitrogen and oxygen atoms in total. The second-order valence-corrected chi connectivity index (χ2v) is 6.87. The molecule has 2 aromatic heterocycles. The van der Waals surface area contributed by atoms with Gasteiger partial charge in [0.25, 0.3) is 0 Å². The second kappa shape index (κ2) is 6.68. The van der Waals surface area contributed by atoms with E-state index in [9.17, 15) is 0 Å². The van der Waals surface area contributed by atoms with E-state index in [0.717, 1.165) is 51.6 Å². The minimum atomic E-state index is 0.824. The van der Waals surface area contributed by atoms with Crippen LogP contribution < -0.4 is 5.32 Å². The van der Waals surface area contributed by atoms with Crippen molar-refractivity contribution in [1.82, 2.24) is 9.97 Å². The van der Waals surface area contributed by atoms with Gasteiger partial charge >= 0.3 is 0 Å². The van der Waals surface area contributed by atoms with Crippen LogP contribution in [0, 0.1) is 13.8 Å². The maximum Gasteiger partial charge on any atom is 0.171 e. The number of aryl methyl sites for hydroxylation is 2. The molecule has 0 spiro atoms. The lowest BCUT2D eigenvalue weighted by Crippen LogP contribution is -2.08. The highest BCUT2D eigenvalue weighted by molar-refractivity contribution is 9.10. The molecule has 0 fully saturated rings. The summed E-state index contributed by atoms with van der Waals surface area (Å²) in [5.74, 6) is 1.79. The first-order chi connectivity index (χ1) is 9.56. The zero-order valence-electron chi connectivity index (χ0n) is 12.4. The van der Waals surface area contributed by atoms with E-state index >= 15 is 0 Å². The van der Waals surface area contributed by atoms with Crippen molar-refractivity contribution in [2.45, 2.75) is 40.5 Å². The summed E-state index contributed by atoms with van der Waals surface area (Å²) in [6, 6.07) is 2.10. The Balaban J connectivity index is 2.47. The van der Waals surface area contributed by atoms with Crippen LogP contribution in [0.2, 0.25) is 0 Å². The first-order valence-electron chi connectivity index (χ1n) is 6.94. The van der Waals surface area contributed by atoms with E-state index < -0.39 is 0 Å². The summed E-state index contributed by atoms with van der Waals surface area (Å²) in [5, 5.41) is 3.41. The molecule has 0 aliphatic rings. The Labute approximate surface area is 133 Å². The number of hydrogen-bond acceptors (Lipinski definition) is 4. The molecule has 108 valence electrons. The van der Waals surface area contributed by atoms with Crippen LogP contribution in [0.15, 0.2) is 10.5 Å². The molecule has 2 rings (SSSR count). The minimum Gasteiger partial charge on any atom is -0.370 e. The number of halogens is 1. The van der Waals surface area contributed by atoms with Crippen LogP contribution in [0.5, 0.6) is 0 Å². The van der Waals surface area contributed by atoms with Crippen LogP contribution in [0.4, 0.5) is 5.82 Å². The fourth-order valence-corrected chi connectivity index (χ4v) is 3.47. The quantitative estimate of drug-likeness (QED) is 0.824. The average molecular weight is 354 g/mol. The van der Waals surface area contributed by atoms with E-state index in [-0.39, 0.29) is 0 Å². The Morgan fingerprint density at radius 3 is 2.55 bits per heavy atom. The maximum absolute atomic E-state index is 4.72. The molecule has 0 aliphatic heterocycles. The fraction of sp³-hybridized carbons (Fsp3) is 0.467. The van der Waals surface area contributed by atoms with E-state index in [0.29, 0.717) is 0 Å². The number of hydrogen-bond donors (Lipinski definition) is 1. The third-order valence-electron chi connectivity index (χ3n) is 3.20. The SMILES string of the molecule is CCCNc1nc(-c2cc(Br)c(C)s2)nc(CC)c1C. The lowest BCUT2D eigenvalue weighted by molar-refractivity contribution is 0.937. The topological polar surface area (TPSA) is 37.8 Å². The van der Waals surface area contributed by atoms with E-state index in [4.69, 9.17) is 9.97 Å². The van der Waals surface area contributed by atoms with Crippen LogP contribution in [-0.2, 0) is 6.42 Å². The van der Waals surface area contributed by atoms with Crippen LogP contribution in [0.1, 0.15) is 36.4 Å². The predicted molar refractivity (Wildman–Crippen MR) is 90.7 cm³/mol. The van der Waals surface area contributed by atoms with Gasteiger partial charge in [-0.3, -0.25) is 0 Å². The van der Waals surface area contributed by atoms with Gasteiger partial charge in [-0.25, -0.2) is 9.97 Å². The maximum atomic E-state index is 4.72. The Bertz CT molecular complexity index is 588. The van der Waals surface area contributed by atoms with Gasteiger partial charge < -0.3 is 5.32 Å². The molecule has 0 saturated carbocycles. The van der Waals surface area contributed by atoms with Gasteiger partial charge in [0.05, 0.1) is 4.88 Å². The summed E-state index contributed by atoms with van der Waals surface area (Å²) in [6.07, 6.45) is 2.01. The molecule has 20 heavy (non-hydrogen) atoms. The van der Waals surface area contributed by atoms with Gasteiger partial charge in [-0.2, -0.15) is 0 Å². The van der Waals surface area contributed by atoms with E-state index in [2.05, 4.69) is 55.0 Å². The molecule has 2 aromatic rings. The van der Waals surface area contributed by atoms with Gasteiger partial charge in [-0.15, -0.1) is 11.3 Å². The molecule has 0 bridgehead atoms. The summed E-state index contributed by atoms with van der Waals surface area (Å²) in [6.45, 7) is 9.43. The average Bonchev–Trinajstić information content (AvgIpc) is 2.77. The standard InChI is InChI=1S/C15H20BrN3S/c1-5-7-17-14-9(3)12(6-2)18-15(19-14)13-8-11(16)10(4)20-13/h8H,5-7H2,1-4H3,(H,17,18,19). The molecule has 0 radical (unpaired) electrons. The van der Waals surface area contributed by atoms with Crippen molar-refractivity contribution in [3.05, 3.63) is 26.7 Å². The molecule has 2 heterocycles. The molecule has 0 aliphatic carbocycles. The molecular formula is C15H20BrN3S. The second-order valence-electron chi connectivity index (χ2n) is 4.76. The monoisotopic (exact) mass is 353 g/mol. The lowest BCUT2D eigenvalue weighted by atomic mass is 10.2. The highest BCUT2D eigenvalue weighted by atomic mass is 79.9. The minimum absolute atomic E-state index is 0.824. The van der Waals surface area contributed by atoms with Crippen LogP contribution in [-0.4, -0.2) is 16.5 Å². The number of nitrogens with one attached hydrogen (secondary N) is 1. The highest BCUT2D eigenvalue weighted by Crippen LogP contribution is 2.33. The molecule has 0 saturated heterocycles. The van der Waals surface area contributed by atoms with Crippen molar-refractivity contribution in [1.29, 1.82) is 0 Å². The molecule has 0 amide bonds. The van der Waals surface area contributed by atoms with E-state index in [1.54, 1.807) is 11.3 Å². The molecule has 0 unspecified atom stereocenters. The Morgan fingerprint density at radius 2 is 2.00 bits per heavy atom. The van der Waals surface area contributed by atoms with Crippen LogP contribution >= 0.6 is 27.3 Å². The summed E-state index contributed by atoms with van der Waals surface area (Å²) in [7, 11) is 0. The van der Waals surface area contributed by atoms with Crippen LogP contribution in [0.3, 0.4) is 0 Å². The number of aromatic nitrogens is 2. The van der Waals surface area contributed by atoms with Gasteiger partial charge in [-0.05, 0) is 48.7 Å². The summed E-state index contributed by atoms with van der Waals surface area (Å²) in [5.41, 5.74) is 2.29. The van der Waals surface area contributed by atoms with Gasteiger partial charge in [-0.1, -0.05) is 13.8 Å². The Kier molecular flexibility index (Phi) is 5.16.